The maximum absolute atomic E-state index is 6.23. The number of para-hydroxylation sites is 1. The summed E-state index contributed by atoms with van der Waals surface area (Å²) in [6.45, 7) is 5.56. The number of imidazole rings is 1. The van der Waals surface area contributed by atoms with Crippen molar-refractivity contribution in [3.8, 4) is 11.4 Å². The highest BCUT2D eigenvalue weighted by atomic mass is 35.5. The number of aryl methyl sites for hydroxylation is 1. The van der Waals surface area contributed by atoms with E-state index in [2.05, 4.69) is 40.0 Å². The lowest BCUT2D eigenvalue weighted by molar-refractivity contribution is 0.122. The third-order valence-electron chi connectivity index (χ3n) is 4.30. The van der Waals surface area contributed by atoms with Crippen molar-refractivity contribution in [3.63, 3.8) is 0 Å². The topological polar surface area (TPSA) is 41.2 Å². The van der Waals surface area contributed by atoms with Gasteiger partial charge in [0, 0.05) is 24.3 Å². The Morgan fingerprint density at radius 1 is 1.17 bits per heavy atom. The Morgan fingerprint density at radius 3 is 2.78 bits per heavy atom. The van der Waals surface area contributed by atoms with Crippen LogP contribution >= 0.6 is 11.6 Å². The molecule has 0 aliphatic carbocycles. The molecule has 0 bridgehead atoms. The molecule has 0 amide bonds. The van der Waals surface area contributed by atoms with Gasteiger partial charge in [0.2, 0.25) is 0 Å². The highest BCUT2D eigenvalue weighted by molar-refractivity contribution is 6.35. The Labute approximate surface area is 140 Å². The first kappa shape index (κ1) is 14.5. The molecule has 4 rings (SSSR count). The van der Waals surface area contributed by atoms with Crippen LogP contribution in [-0.4, -0.2) is 36.3 Å². The SMILES string of the molecule is Cc1ccc(-c2nc3c(Cl)cccc3[nH]2)cc1N1CCOCC1. The van der Waals surface area contributed by atoms with Gasteiger partial charge >= 0.3 is 0 Å². The van der Waals surface area contributed by atoms with Crippen LogP contribution in [0.3, 0.4) is 0 Å². The largest absolute Gasteiger partial charge is 0.378 e. The maximum Gasteiger partial charge on any atom is 0.138 e. The van der Waals surface area contributed by atoms with Gasteiger partial charge in [-0.25, -0.2) is 4.98 Å². The Bertz CT molecular complexity index is 853. The maximum atomic E-state index is 6.23. The van der Waals surface area contributed by atoms with Gasteiger partial charge in [-0.2, -0.15) is 0 Å². The molecule has 23 heavy (non-hydrogen) atoms. The van der Waals surface area contributed by atoms with E-state index in [1.54, 1.807) is 0 Å². The van der Waals surface area contributed by atoms with Crippen LogP contribution in [0.5, 0.6) is 0 Å². The summed E-state index contributed by atoms with van der Waals surface area (Å²) in [6.07, 6.45) is 0. The van der Waals surface area contributed by atoms with Gasteiger partial charge in [0.1, 0.15) is 11.3 Å². The number of nitrogens with one attached hydrogen (secondary N) is 1. The lowest BCUT2D eigenvalue weighted by Crippen LogP contribution is -2.36. The van der Waals surface area contributed by atoms with E-state index in [9.17, 15) is 0 Å². The highest BCUT2D eigenvalue weighted by Gasteiger charge is 2.15. The summed E-state index contributed by atoms with van der Waals surface area (Å²) in [7, 11) is 0. The second-order valence-electron chi connectivity index (χ2n) is 5.82. The predicted octanol–water partition coefficient (Wildman–Crippen LogP) is 4.03. The lowest BCUT2D eigenvalue weighted by atomic mass is 10.1. The van der Waals surface area contributed by atoms with E-state index < -0.39 is 0 Å². The van der Waals surface area contributed by atoms with Gasteiger partial charge in [0.05, 0.1) is 23.8 Å². The quantitative estimate of drug-likeness (QED) is 0.772. The van der Waals surface area contributed by atoms with Gasteiger partial charge in [-0.15, -0.1) is 0 Å². The molecular weight excluding hydrogens is 310 g/mol. The van der Waals surface area contributed by atoms with E-state index in [1.165, 1.54) is 11.3 Å². The predicted molar refractivity (Wildman–Crippen MR) is 94.3 cm³/mol. The van der Waals surface area contributed by atoms with Crippen molar-refractivity contribution >= 4 is 28.3 Å². The number of ether oxygens (including phenoxy) is 1. The zero-order valence-electron chi connectivity index (χ0n) is 13.0. The van der Waals surface area contributed by atoms with Crippen LogP contribution in [-0.2, 0) is 4.74 Å². The molecule has 2 aromatic carbocycles. The smallest absolute Gasteiger partial charge is 0.138 e. The number of rotatable bonds is 2. The van der Waals surface area contributed by atoms with Crippen molar-refractivity contribution in [2.45, 2.75) is 6.92 Å². The molecule has 1 aliphatic rings. The molecule has 1 saturated heterocycles. The Hall–Kier alpha value is -2.04. The highest BCUT2D eigenvalue weighted by Crippen LogP contribution is 2.30. The molecule has 5 heteroatoms. The summed E-state index contributed by atoms with van der Waals surface area (Å²) in [5, 5.41) is 0.672. The summed E-state index contributed by atoms with van der Waals surface area (Å²) >= 11 is 6.23. The van der Waals surface area contributed by atoms with E-state index in [1.807, 2.05) is 18.2 Å². The second-order valence-corrected chi connectivity index (χ2v) is 6.23. The van der Waals surface area contributed by atoms with E-state index in [0.717, 1.165) is 48.7 Å². The molecule has 2 heterocycles. The van der Waals surface area contributed by atoms with E-state index in [0.29, 0.717) is 5.02 Å². The van der Waals surface area contributed by atoms with Crippen LogP contribution in [0.2, 0.25) is 5.02 Å². The third kappa shape index (κ3) is 2.69. The normalized spacial score (nSPS) is 15.3. The number of aromatic amines is 1. The number of halogens is 1. The lowest BCUT2D eigenvalue weighted by Gasteiger charge is -2.30. The van der Waals surface area contributed by atoms with Crippen molar-refractivity contribution in [3.05, 3.63) is 47.0 Å². The number of aromatic nitrogens is 2. The number of anilines is 1. The van der Waals surface area contributed by atoms with Gasteiger partial charge in [-0.3, -0.25) is 0 Å². The standard InChI is InChI=1S/C18H18ClN3O/c1-12-5-6-13(11-16(12)22-7-9-23-10-8-22)18-20-15-4-2-3-14(19)17(15)21-18/h2-6,11H,7-10H2,1H3,(H,20,21). The zero-order valence-corrected chi connectivity index (χ0v) is 13.7. The van der Waals surface area contributed by atoms with Crippen LogP contribution in [0.15, 0.2) is 36.4 Å². The van der Waals surface area contributed by atoms with Gasteiger partial charge < -0.3 is 14.6 Å². The fourth-order valence-corrected chi connectivity index (χ4v) is 3.25. The molecule has 0 radical (unpaired) electrons. The molecule has 0 spiro atoms. The summed E-state index contributed by atoms with van der Waals surface area (Å²) in [5.41, 5.74) is 5.37. The van der Waals surface area contributed by atoms with Crippen molar-refractivity contribution in [1.82, 2.24) is 9.97 Å². The molecular formula is C18H18ClN3O. The number of fused-ring (bicyclic) bond motifs is 1. The molecule has 118 valence electrons. The molecule has 0 saturated carbocycles. The van der Waals surface area contributed by atoms with Crippen molar-refractivity contribution in [1.29, 1.82) is 0 Å². The van der Waals surface area contributed by atoms with Gasteiger partial charge in [0.15, 0.2) is 0 Å². The first-order chi connectivity index (χ1) is 11.2. The Balaban J connectivity index is 1.77. The minimum atomic E-state index is 0.672. The van der Waals surface area contributed by atoms with Crippen LogP contribution in [0, 0.1) is 6.92 Å². The number of hydrogen-bond donors (Lipinski definition) is 1. The fourth-order valence-electron chi connectivity index (χ4n) is 3.04. The monoisotopic (exact) mass is 327 g/mol. The van der Waals surface area contributed by atoms with Gasteiger partial charge in [0.25, 0.3) is 0 Å². The van der Waals surface area contributed by atoms with Crippen LogP contribution < -0.4 is 4.90 Å². The number of morpholine rings is 1. The molecule has 1 aliphatic heterocycles. The zero-order chi connectivity index (χ0) is 15.8. The van der Waals surface area contributed by atoms with E-state index in [-0.39, 0.29) is 0 Å². The second kappa shape index (κ2) is 5.87. The molecule has 1 aromatic heterocycles. The van der Waals surface area contributed by atoms with Crippen molar-refractivity contribution < 1.29 is 4.74 Å². The molecule has 0 atom stereocenters. The number of nitrogens with zero attached hydrogens (tertiary/aromatic N) is 2. The average Bonchev–Trinajstić information content (AvgIpc) is 3.02. The van der Waals surface area contributed by atoms with Crippen LogP contribution in [0.4, 0.5) is 5.69 Å². The molecule has 1 N–H and O–H groups in total. The first-order valence-corrected chi connectivity index (χ1v) is 8.18. The Kier molecular flexibility index (Phi) is 3.71. The minimum absolute atomic E-state index is 0.672. The summed E-state index contributed by atoms with van der Waals surface area (Å²) in [4.78, 5) is 10.4. The minimum Gasteiger partial charge on any atom is -0.378 e. The number of hydrogen-bond acceptors (Lipinski definition) is 3. The summed E-state index contributed by atoms with van der Waals surface area (Å²) < 4.78 is 5.45. The van der Waals surface area contributed by atoms with Gasteiger partial charge in [-0.05, 0) is 30.7 Å². The number of H-pyrrole nitrogens is 1. The van der Waals surface area contributed by atoms with Crippen LogP contribution in [0.1, 0.15) is 5.56 Å². The third-order valence-corrected chi connectivity index (χ3v) is 4.60. The Morgan fingerprint density at radius 2 is 2.00 bits per heavy atom. The molecule has 4 nitrogen and oxygen atoms in total. The first-order valence-electron chi connectivity index (χ1n) is 7.80. The van der Waals surface area contributed by atoms with Gasteiger partial charge in [-0.1, -0.05) is 29.8 Å². The number of benzene rings is 2. The summed E-state index contributed by atoms with van der Waals surface area (Å²) in [6, 6.07) is 12.2. The van der Waals surface area contributed by atoms with E-state index >= 15 is 0 Å². The van der Waals surface area contributed by atoms with E-state index in [4.69, 9.17) is 16.3 Å². The van der Waals surface area contributed by atoms with Crippen molar-refractivity contribution in [2.75, 3.05) is 31.2 Å². The average molecular weight is 328 g/mol. The molecule has 3 aromatic rings. The van der Waals surface area contributed by atoms with Crippen LogP contribution in [0.25, 0.3) is 22.4 Å². The van der Waals surface area contributed by atoms with Crippen molar-refractivity contribution in [2.24, 2.45) is 0 Å². The summed E-state index contributed by atoms with van der Waals surface area (Å²) in [5.74, 6) is 0.850. The molecule has 1 fully saturated rings. The molecule has 0 unspecified atom stereocenters. The fraction of sp³-hybridized carbons (Fsp3) is 0.278.